The van der Waals surface area contributed by atoms with Crippen molar-refractivity contribution < 1.29 is 9.13 Å². The van der Waals surface area contributed by atoms with Crippen LogP contribution in [0.4, 0.5) is 10.1 Å². The Morgan fingerprint density at radius 1 is 1.25 bits per heavy atom. The maximum absolute atomic E-state index is 13.5. The minimum absolute atomic E-state index is 0.0289. The average Bonchev–Trinajstić information content (AvgIpc) is 3.36. The van der Waals surface area contributed by atoms with Crippen molar-refractivity contribution in [3.05, 3.63) is 59.9 Å². The molecule has 2 heterocycles. The van der Waals surface area contributed by atoms with E-state index in [4.69, 9.17) is 4.74 Å². The van der Waals surface area contributed by atoms with Gasteiger partial charge in [-0.1, -0.05) is 30.0 Å². The lowest BCUT2D eigenvalue weighted by Gasteiger charge is -2.16. The number of rotatable bonds is 6. The second-order valence-corrected chi connectivity index (χ2v) is 7.68. The number of nitrogens with zero attached hydrogens (tertiary/aromatic N) is 5. The second-order valence-electron chi connectivity index (χ2n) is 6.70. The molecule has 7 nitrogen and oxygen atoms in total. The van der Waals surface area contributed by atoms with Crippen molar-refractivity contribution in [2.45, 2.75) is 17.5 Å². The summed E-state index contributed by atoms with van der Waals surface area (Å²) in [7, 11) is 4.04. The molecule has 146 valence electrons. The Balaban J connectivity index is 1.36. The summed E-state index contributed by atoms with van der Waals surface area (Å²) in [6.45, 7) is 0.745. The Morgan fingerprint density at radius 3 is 2.82 bits per heavy atom. The fourth-order valence-corrected chi connectivity index (χ4v) is 3.87. The van der Waals surface area contributed by atoms with E-state index in [-0.39, 0.29) is 18.1 Å². The van der Waals surface area contributed by atoms with E-state index in [1.165, 1.54) is 28.6 Å². The molecule has 0 radical (unpaired) electrons. The third-order valence-corrected chi connectivity index (χ3v) is 5.51. The zero-order valence-electron chi connectivity index (χ0n) is 15.6. The molecule has 0 saturated carbocycles. The van der Waals surface area contributed by atoms with E-state index in [0.29, 0.717) is 16.6 Å². The highest BCUT2D eigenvalue weighted by molar-refractivity contribution is 7.99. The monoisotopic (exact) mass is 400 g/mol. The summed E-state index contributed by atoms with van der Waals surface area (Å²) < 4.78 is 21.1. The Hall–Kier alpha value is -2.49. The van der Waals surface area contributed by atoms with Gasteiger partial charge >= 0.3 is 0 Å². The van der Waals surface area contributed by atoms with Gasteiger partial charge in [-0.05, 0) is 46.3 Å². The standard InChI is InChI=1S/C19H21FN6OS/c1-25(2)15-8-6-13(7-9-15)18-21-11-17(27-18)12-28-19-22-23-24-26(19)16-5-3-4-14(20)10-16/h3-10,17-18,21H,11-12H2,1-2H3/t17-,18-/m0/s1. The van der Waals surface area contributed by atoms with Gasteiger partial charge in [0.1, 0.15) is 12.0 Å². The van der Waals surface area contributed by atoms with Gasteiger partial charge in [-0.2, -0.15) is 4.68 Å². The lowest BCUT2D eigenvalue weighted by atomic mass is 10.2. The van der Waals surface area contributed by atoms with Gasteiger partial charge in [-0.25, -0.2) is 4.39 Å². The van der Waals surface area contributed by atoms with Crippen LogP contribution in [0.2, 0.25) is 0 Å². The highest BCUT2D eigenvalue weighted by atomic mass is 32.2. The number of hydrogen-bond acceptors (Lipinski definition) is 7. The Kier molecular flexibility index (Phi) is 5.56. The van der Waals surface area contributed by atoms with Crippen LogP contribution in [0.15, 0.2) is 53.7 Å². The average molecular weight is 400 g/mol. The molecule has 0 amide bonds. The molecule has 1 fully saturated rings. The van der Waals surface area contributed by atoms with Crippen LogP contribution in [0, 0.1) is 5.82 Å². The molecule has 1 saturated heterocycles. The molecule has 3 aromatic rings. The Bertz CT molecular complexity index is 932. The lowest BCUT2D eigenvalue weighted by molar-refractivity contribution is 0.0534. The molecule has 0 bridgehead atoms. The van der Waals surface area contributed by atoms with Crippen LogP contribution in [0.5, 0.6) is 0 Å². The molecule has 1 aliphatic heterocycles. The van der Waals surface area contributed by atoms with Gasteiger partial charge in [-0.15, -0.1) is 5.10 Å². The number of halogens is 1. The van der Waals surface area contributed by atoms with Crippen molar-refractivity contribution in [3.8, 4) is 5.69 Å². The summed E-state index contributed by atoms with van der Waals surface area (Å²) in [5.74, 6) is 0.366. The zero-order valence-corrected chi connectivity index (χ0v) is 16.4. The number of aromatic nitrogens is 4. The Morgan fingerprint density at radius 2 is 2.07 bits per heavy atom. The number of tetrazole rings is 1. The van der Waals surface area contributed by atoms with Crippen molar-refractivity contribution in [1.29, 1.82) is 0 Å². The first-order valence-corrected chi connectivity index (χ1v) is 9.92. The molecule has 1 aliphatic rings. The summed E-state index contributed by atoms with van der Waals surface area (Å²) >= 11 is 1.49. The van der Waals surface area contributed by atoms with E-state index in [9.17, 15) is 4.39 Å². The van der Waals surface area contributed by atoms with Crippen LogP contribution < -0.4 is 10.2 Å². The number of thioether (sulfide) groups is 1. The lowest BCUT2D eigenvalue weighted by Crippen LogP contribution is -2.17. The van der Waals surface area contributed by atoms with E-state index in [1.54, 1.807) is 12.1 Å². The molecular formula is C19H21FN6OS. The molecular weight excluding hydrogens is 379 g/mol. The largest absolute Gasteiger partial charge is 0.378 e. The number of benzene rings is 2. The fourth-order valence-electron chi connectivity index (χ4n) is 2.98. The van der Waals surface area contributed by atoms with E-state index in [0.717, 1.165) is 17.8 Å². The summed E-state index contributed by atoms with van der Waals surface area (Å²) in [6, 6.07) is 14.5. The van der Waals surface area contributed by atoms with Gasteiger partial charge < -0.3 is 9.64 Å². The SMILES string of the molecule is CN(C)c1ccc([C@H]2NC[C@@H](CSc3nnnn3-c3cccc(F)c3)O2)cc1. The highest BCUT2D eigenvalue weighted by Crippen LogP contribution is 2.27. The number of anilines is 1. The molecule has 2 aromatic carbocycles. The summed E-state index contributed by atoms with van der Waals surface area (Å²) in [5.41, 5.74) is 2.84. The third-order valence-electron chi connectivity index (χ3n) is 4.46. The van der Waals surface area contributed by atoms with E-state index in [1.807, 2.05) is 14.1 Å². The molecule has 0 spiro atoms. The van der Waals surface area contributed by atoms with Crippen LogP contribution in [0.3, 0.4) is 0 Å². The van der Waals surface area contributed by atoms with E-state index in [2.05, 4.69) is 50.0 Å². The maximum atomic E-state index is 13.5. The minimum atomic E-state index is -0.324. The normalized spacial score (nSPS) is 19.1. The second kappa shape index (κ2) is 8.26. The van der Waals surface area contributed by atoms with Crippen LogP contribution in [0.1, 0.15) is 11.8 Å². The van der Waals surface area contributed by atoms with Crippen molar-refractivity contribution in [3.63, 3.8) is 0 Å². The van der Waals surface area contributed by atoms with Crippen molar-refractivity contribution >= 4 is 17.4 Å². The van der Waals surface area contributed by atoms with Gasteiger partial charge in [0.15, 0.2) is 0 Å². The van der Waals surface area contributed by atoms with Gasteiger partial charge in [0.2, 0.25) is 5.16 Å². The predicted octanol–water partition coefficient (Wildman–Crippen LogP) is 2.65. The first kappa shape index (κ1) is 18.9. The first-order valence-electron chi connectivity index (χ1n) is 8.93. The molecule has 9 heteroatoms. The van der Waals surface area contributed by atoms with Gasteiger partial charge in [0, 0.05) is 32.1 Å². The molecule has 28 heavy (non-hydrogen) atoms. The van der Waals surface area contributed by atoms with Gasteiger partial charge in [0.25, 0.3) is 0 Å². The Labute approximate surface area is 166 Å². The number of ether oxygens (including phenoxy) is 1. The van der Waals surface area contributed by atoms with Crippen molar-refractivity contribution in [1.82, 2.24) is 25.5 Å². The van der Waals surface area contributed by atoms with Gasteiger partial charge in [0.05, 0.1) is 11.8 Å². The quantitative estimate of drug-likeness (QED) is 0.638. The molecule has 1 aromatic heterocycles. The third kappa shape index (κ3) is 4.16. The predicted molar refractivity (Wildman–Crippen MR) is 106 cm³/mol. The highest BCUT2D eigenvalue weighted by Gasteiger charge is 2.26. The molecule has 2 atom stereocenters. The number of nitrogens with one attached hydrogen (secondary N) is 1. The van der Waals surface area contributed by atoms with Crippen molar-refractivity contribution in [2.24, 2.45) is 0 Å². The molecule has 0 aliphatic carbocycles. The van der Waals surface area contributed by atoms with Crippen LogP contribution in [-0.4, -0.2) is 52.7 Å². The topological polar surface area (TPSA) is 68.1 Å². The fraction of sp³-hybridized carbons (Fsp3) is 0.316. The molecule has 1 N–H and O–H groups in total. The van der Waals surface area contributed by atoms with Crippen LogP contribution in [0.25, 0.3) is 5.69 Å². The summed E-state index contributed by atoms with van der Waals surface area (Å²) in [4.78, 5) is 2.06. The zero-order chi connectivity index (χ0) is 19.5. The van der Waals surface area contributed by atoms with Crippen molar-refractivity contribution in [2.75, 3.05) is 31.3 Å². The summed E-state index contributed by atoms with van der Waals surface area (Å²) in [6.07, 6.45) is -0.0952. The first-order chi connectivity index (χ1) is 13.6. The minimum Gasteiger partial charge on any atom is -0.378 e. The molecule has 4 rings (SSSR count). The van der Waals surface area contributed by atoms with E-state index < -0.39 is 0 Å². The van der Waals surface area contributed by atoms with E-state index >= 15 is 0 Å². The number of hydrogen-bond donors (Lipinski definition) is 1. The maximum Gasteiger partial charge on any atom is 0.214 e. The van der Waals surface area contributed by atoms with Crippen LogP contribution in [-0.2, 0) is 4.74 Å². The smallest absolute Gasteiger partial charge is 0.214 e. The summed E-state index contributed by atoms with van der Waals surface area (Å²) in [5, 5.41) is 15.7. The van der Waals surface area contributed by atoms with Gasteiger partial charge in [-0.3, -0.25) is 5.32 Å². The van der Waals surface area contributed by atoms with Crippen LogP contribution >= 0.6 is 11.8 Å². The molecule has 0 unspecified atom stereocenters.